The van der Waals surface area contributed by atoms with Gasteiger partial charge in [0.15, 0.2) is 0 Å². The summed E-state index contributed by atoms with van der Waals surface area (Å²) in [5.41, 5.74) is 3.10. The molecule has 136 valence electrons. The van der Waals surface area contributed by atoms with Gasteiger partial charge in [0, 0.05) is 18.5 Å². The Bertz CT molecular complexity index is 890. The lowest BCUT2D eigenvalue weighted by molar-refractivity contribution is -0.131. The highest BCUT2D eigenvalue weighted by molar-refractivity contribution is 7.98. The van der Waals surface area contributed by atoms with E-state index in [1.54, 1.807) is 28.4 Å². The van der Waals surface area contributed by atoms with Crippen LogP contribution < -0.4 is 0 Å². The van der Waals surface area contributed by atoms with Crippen LogP contribution in [-0.4, -0.2) is 39.9 Å². The predicted molar refractivity (Wildman–Crippen MR) is 112 cm³/mol. The van der Waals surface area contributed by atoms with Crippen LogP contribution in [0.3, 0.4) is 0 Å². The van der Waals surface area contributed by atoms with E-state index in [0.717, 1.165) is 28.2 Å². The van der Waals surface area contributed by atoms with E-state index in [9.17, 15) is 4.79 Å². The second-order valence-electron chi connectivity index (χ2n) is 6.13. The van der Waals surface area contributed by atoms with Crippen molar-refractivity contribution < 1.29 is 4.79 Å². The van der Waals surface area contributed by atoms with Crippen molar-refractivity contribution in [1.82, 2.24) is 14.5 Å². The van der Waals surface area contributed by atoms with E-state index in [1.165, 1.54) is 4.90 Å². The molecule has 0 saturated carbocycles. The number of hydrogen-bond donors (Lipinski definition) is 0. The summed E-state index contributed by atoms with van der Waals surface area (Å²) in [4.78, 5) is 20.5. The number of fused-ring (bicyclic) bond motifs is 1. The Morgan fingerprint density at radius 3 is 2.54 bits per heavy atom. The maximum absolute atomic E-state index is 12.8. The predicted octanol–water partition coefficient (Wildman–Crippen LogP) is 4.28. The van der Waals surface area contributed by atoms with Gasteiger partial charge in [-0.15, -0.1) is 11.8 Å². The number of carbonyl (C=O) groups excluding carboxylic acids is 1. The molecular formula is C20H23N3OS2. The number of thioether (sulfide) groups is 2. The third kappa shape index (κ3) is 4.24. The molecule has 0 atom stereocenters. The lowest BCUT2D eigenvalue weighted by atomic mass is 10.2. The van der Waals surface area contributed by atoms with E-state index in [2.05, 4.69) is 41.8 Å². The van der Waals surface area contributed by atoms with Crippen molar-refractivity contribution in [1.29, 1.82) is 0 Å². The summed E-state index contributed by atoms with van der Waals surface area (Å²) < 4.78 is 2.04. The van der Waals surface area contributed by atoms with Gasteiger partial charge in [-0.25, -0.2) is 4.98 Å². The zero-order valence-corrected chi connectivity index (χ0v) is 16.9. The van der Waals surface area contributed by atoms with E-state index < -0.39 is 0 Å². The first kappa shape index (κ1) is 18.9. The minimum Gasteiger partial charge on any atom is -0.340 e. The number of likely N-dealkylation sites (N-methyl/N-ethyl adjacent to an activating group) is 1. The smallest absolute Gasteiger partial charge is 0.242 e. The van der Waals surface area contributed by atoms with Gasteiger partial charge >= 0.3 is 0 Å². The van der Waals surface area contributed by atoms with Crippen molar-refractivity contribution in [3.8, 4) is 0 Å². The molecule has 0 spiro atoms. The van der Waals surface area contributed by atoms with E-state index in [1.807, 2.05) is 35.9 Å². The average molecular weight is 386 g/mol. The summed E-state index contributed by atoms with van der Waals surface area (Å²) in [6.45, 7) is 0.924. The molecule has 0 aliphatic carbocycles. The number of amides is 1. The Hall–Kier alpha value is -1.92. The molecule has 3 rings (SSSR count). The van der Waals surface area contributed by atoms with Crippen LogP contribution in [0.4, 0.5) is 0 Å². The fraction of sp³-hybridized carbons (Fsp3) is 0.300. The fourth-order valence-corrected chi connectivity index (χ4v) is 3.78. The molecule has 0 unspecified atom stereocenters. The van der Waals surface area contributed by atoms with Crippen molar-refractivity contribution in [2.45, 2.75) is 23.7 Å². The summed E-state index contributed by atoms with van der Waals surface area (Å²) in [6, 6.07) is 16.4. The number of carbonyl (C=O) groups is 1. The van der Waals surface area contributed by atoms with Crippen LogP contribution in [-0.2, 0) is 23.6 Å². The maximum atomic E-state index is 12.8. The van der Waals surface area contributed by atoms with Crippen LogP contribution in [0.2, 0.25) is 0 Å². The second kappa shape index (κ2) is 8.64. The summed E-state index contributed by atoms with van der Waals surface area (Å²) in [7, 11) is 1.86. The van der Waals surface area contributed by atoms with Crippen LogP contribution in [0, 0.1) is 0 Å². The van der Waals surface area contributed by atoms with Crippen LogP contribution >= 0.6 is 23.5 Å². The van der Waals surface area contributed by atoms with Gasteiger partial charge in [0.25, 0.3) is 0 Å². The highest BCUT2D eigenvalue weighted by atomic mass is 32.2. The molecule has 0 bridgehead atoms. The Labute approximate surface area is 163 Å². The highest BCUT2D eigenvalue weighted by Gasteiger charge is 2.16. The summed E-state index contributed by atoms with van der Waals surface area (Å²) in [6.07, 6.45) is 4.11. The number of imidazole rings is 1. The first-order valence-corrected chi connectivity index (χ1v) is 11.0. The molecule has 0 radical (unpaired) electrons. The van der Waals surface area contributed by atoms with Gasteiger partial charge in [-0.2, -0.15) is 11.8 Å². The third-order valence-corrected chi connectivity index (χ3v) is 5.60. The monoisotopic (exact) mass is 385 g/mol. The third-order valence-electron chi connectivity index (χ3n) is 4.30. The van der Waals surface area contributed by atoms with Crippen molar-refractivity contribution in [3.05, 3.63) is 59.9 Å². The Kier molecular flexibility index (Phi) is 6.27. The topological polar surface area (TPSA) is 38.1 Å². The zero-order chi connectivity index (χ0) is 18.5. The van der Waals surface area contributed by atoms with Gasteiger partial charge in [-0.1, -0.05) is 24.3 Å². The quantitative estimate of drug-likeness (QED) is 0.569. The molecule has 1 aromatic heterocycles. The van der Waals surface area contributed by atoms with Crippen molar-refractivity contribution in [2.75, 3.05) is 19.6 Å². The normalized spacial score (nSPS) is 11.0. The summed E-state index contributed by atoms with van der Waals surface area (Å²) in [5, 5.41) is 0. The molecular weight excluding hydrogens is 362 g/mol. The molecule has 0 saturated heterocycles. The highest BCUT2D eigenvalue weighted by Crippen LogP contribution is 2.20. The molecule has 6 heteroatoms. The molecule has 0 N–H and O–H groups in total. The van der Waals surface area contributed by atoms with Crippen LogP contribution in [0.25, 0.3) is 11.0 Å². The summed E-state index contributed by atoms with van der Waals surface area (Å²) in [5.74, 6) is 1.83. The minimum absolute atomic E-state index is 0.0875. The standard InChI is InChI=1S/C20H23N3OS2/c1-22(12-15-8-10-16(26-3)11-9-15)20(24)13-23-18-7-5-4-6-17(18)21-19(23)14-25-2/h4-11H,12-14H2,1-3H3. The minimum atomic E-state index is 0.0875. The lowest BCUT2D eigenvalue weighted by Crippen LogP contribution is -2.30. The van der Waals surface area contributed by atoms with Gasteiger partial charge in [-0.05, 0) is 42.3 Å². The number of para-hydroxylation sites is 2. The first-order chi connectivity index (χ1) is 12.6. The average Bonchev–Trinajstić information content (AvgIpc) is 3.00. The number of hydrogen-bond acceptors (Lipinski definition) is 4. The molecule has 4 nitrogen and oxygen atoms in total. The van der Waals surface area contributed by atoms with Crippen LogP contribution in [0.1, 0.15) is 11.4 Å². The molecule has 3 aromatic rings. The lowest BCUT2D eigenvalue weighted by Gasteiger charge is -2.19. The Morgan fingerprint density at radius 1 is 1.12 bits per heavy atom. The largest absolute Gasteiger partial charge is 0.340 e. The SMILES string of the molecule is CSCc1nc2ccccc2n1CC(=O)N(C)Cc1ccc(SC)cc1. The number of nitrogens with zero attached hydrogens (tertiary/aromatic N) is 3. The molecule has 2 aromatic carbocycles. The number of rotatable bonds is 7. The van der Waals surface area contributed by atoms with E-state index in [0.29, 0.717) is 13.1 Å². The van der Waals surface area contributed by atoms with Gasteiger partial charge < -0.3 is 9.47 Å². The van der Waals surface area contributed by atoms with Crippen molar-refractivity contribution in [3.63, 3.8) is 0 Å². The van der Waals surface area contributed by atoms with Gasteiger partial charge in [0.2, 0.25) is 5.91 Å². The summed E-state index contributed by atoms with van der Waals surface area (Å²) >= 11 is 3.44. The van der Waals surface area contributed by atoms with Crippen molar-refractivity contribution in [2.24, 2.45) is 0 Å². The molecule has 0 aliphatic heterocycles. The van der Waals surface area contributed by atoms with E-state index >= 15 is 0 Å². The molecule has 26 heavy (non-hydrogen) atoms. The maximum Gasteiger partial charge on any atom is 0.242 e. The van der Waals surface area contributed by atoms with E-state index in [-0.39, 0.29) is 5.91 Å². The van der Waals surface area contributed by atoms with E-state index in [4.69, 9.17) is 0 Å². The van der Waals surface area contributed by atoms with Crippen LogP contribution in [0.5, 0.6) is 0 Å². The Balaban J connectivity index is 1.76. The number of benzene rings is 2. The molecule has 1 amide bonds. The molecule has 0 aliphatic rings. The van der Waals surface area contributed by atoms with Gasteiger partial charge in [-0.3, -0.25) is 4.79 Å². The first-order valence-electron chi connectivity index (χ1n) is 8.42. The van der Waals surface area contributed by atoms with Gasteiger partial charge in [0.05, 0.1) is 16.8 Å². The fourth-order valence-electron chi connectivity index (χ4n) is 2.89. The zero-order valence-electron chi connectivity index (χ0n) is 15.3. The van der Waals surface area contributed by atoms with Crippen molar-refractivity contribution >= 4 is 40.5 Å². The molecule has 1 heterocycles. The van der Waals surface area contributed by atoms with Gasteiger partial charge in [0.1, 0.15) is 12.4 Å². The second-order valence-corrected chi connectivity index (χ2v) is 7.88. The Morgan fingerprint density at radius 2 is 1.85 bits per heavy atom. The number of aromatic nitrogens is 2. The molecule has 0 fully saturated rings. The van der Waals surface area contributed by atoms with Crippen LogP contribution in [0.15, 0.2) is 53.4 Å².